The molecule has 8 heteroatoms. The summed E-state index contributed by atoms with van der Waals surface area (Å²) in [6.07, 6.45) is 0.923. The standard InChI is InChI=1S/C18H24FN5O2/c1-5-15-11(2)23-24(12(15)3)9-8-20-18(26)22-14-6-7-16(19)17(10-14)21-13(4)25/h6-7,10H,5,8-9H2,1-4H3,(H,21,25)(H2,20,22,26). The van der Waals surface area contributed by atoms with Crippen LogP contribution >= 0.6 is 0 Å². The van der Waals surface area contributed by atoms with Crippen LogP contribution in [0.3, 0.4) is 0 Å². The van der Waals surface area contributed by atoms with E-state index in [0.717, 1.165) is 17.8 Å². The summed E-state index contributed by atoms with van der Waals surface area (Å²) in [4.78, 5) is 23.1. The molecule has 3 N–H and O–H groups in total. The molecule has 0 bridgehead atoms. The molecule has 1 aromatic carbocycles. The topological polar surface area (TPSA) is 88.1 Å². The van der Waals surface area contributed by atoms with E-state index in [1.165, 1.54) is 30.7 Å². The highest BCUT2D eigenvalue weighted by Gasteiger charge is 2.10. The first-order valence-electron chi connectivity index (χ1n) is 8.46. The normalized spacial score (nSPS) is 10.5. The Morgan fingerprint density at radius 1 is 1.23 bits per heavy atom. The molecule has 0 saturated carbocycles. The van der Waals surface area contributed by atoms with Crippen molar-refractivity contribution in [2.45, 2.75) is 40.7 Å². The molecule has 0 saturated heterocycles. The predicted octanol–water partition coefficient (Wildman–Crippen LogP) is 2.98. The summed E-state index contributed by atoms with van der Waals surface area (Å²) in [5.41, 5.74) is 3.74. The van der Waals surface area contributed by atoms with Gasteiger partial charge in [-0.2, -0.15) is 5.10 Å². The first-order chi connectivity index (χ1) is 12.3. The van der Waals surface area contributed by atoms with E-state index in [-0.39, 0.29) is 11.6 Å². The number of nitrogens with one attached hydrogen (secondary N) is 3. The molecule has 0 spiro atoms. The summed E-state index contributed by atoms with van der Waals surface area (Å²) in [5, 5.41) is 12.2. The second-order valence-corrected chi connectivity index (χ2v) is 5.98. The van der Waals surface area contributed by atoms with Gasteiger partial charge in [0, 0.05) is 24.8 Å². The number of hydrogen-bond donors (Lipinski definition) is 3. The molecule has 140 valence electrons. The maximum Gasteiger partial charge on any atom is 0.319 e. The fourth-order valence-electron chi connectivity index (χ4n) is 2.80. The van der Waals surface area contributed by atoms with Gasteiger partial charge in [-0.15, -0.1) is 0 Å². The maximum atomic E-state index is 13.6. The second-order valence-electron chi connectivity index (χ2n) is 5.98. The van der Waals surface area contributed by atoms with Crippen LogP contribution in [0.15, 0.2) is 18.2 Å². The minimum Gasteiger partial charge on any atom is -0.336 e. The van der Waals surface area contributed by atoms with Gasteiger partial charge in [0.15, 0.2) is 0 Å². The van der Waals surface area contributed by atoms with Crippen LogP contribution in [0.25, 0.3) is 0 Å². The lowest BCUT2D eigenvalue weighted by Crippen LogP contribution is -2.32. The monoisotopic (exact) mass is 361 g/mol. The van der Waals surface area contributed by atoms with Gasteiger partial charge in [0.1, 0.15) is 5.82 Å². The Kier molecular flexibility index (Phi) is 6.32. The lowest BCUT2D eigenvalue weighted by atomic mass is 10.1. The molecule has 0 aliphatic rings. The van der Waals surface area contributed by atoms with E-state index >= 15 is 0 Å². The van der Waals surface area contributed by atoms with Crippen LogP contribution in [0.4, 0.5) is 20.6 Å². The van der Waals surface area contributed by atoms with E-state index in [2.05, 4.69) is 28.0 Å². The number of anilines is 2. The lowest BCUT2D eigenvalue weighted by Gasteiger charge is -2.11. The minimum atomic E-state index is -0.567. The Morgan fingerprint density at radius 3 is 2.58 bits per heavy atom. The number of amides is 3. The number of hydrogen-bond acceptors (Lipinski definition) is 3. The lowest BCUT2D eigenvalue weighted by molar-refractivity contribution is -0.114. The molecule has 1 aromatic heterocycles. The zero-order chi connectivity index (χ0) is 19.3. The van der Waals surface area contributed by atoms with Gasteiger partial charge in [-0.05, 0) is 44.0 Å². The van der Waals surface area contributed by atoms with E-state index in [4.69, 9.17) is 0 Å². The van der Waals surface area contributed by atoms with Crippen molar-refractivity contribution < 1.29 is 14.0 Å². The number of carbonyl (C=O) groups excluding carboxylic acids is 2. The number of rotatable bonds is 6. The second kappa shape index (κ2) is 8.46. The molecule has 0 unspecified atom stereocenters. The third-order valence-corrected chi connectivity index (χ3v) is 4.03. The number of benzene rings is 1. The van der Waals surface area contributed by atoms with Crippen LogP contribution in [-0.4, -0.2) is 28.3 Å². The van der Waals surface area contributed by atoms with E-state index in [9.17, 15) is 14.0 Å². The summed E-state index contributed by atoms with van der Waals surface area (Å²) in [5.74, 6) is -0.954. The van der Waals surface area contributed by atoms with Crippen molar-refractivity contribution in [2.24, 2.45) is 0 Å². The number of aromatic nitrogens is 2. The summed E-state index contributed by atoms with van der Waals surface area (Å²) >= 11 is 0. The van der Waals surface area contributed by atoms with Gasteiger partial charge in [0.25, 0.3) is 0 Å². The van der Waals surface area contributed by atoms with Gasteiger partial charge in [-0.3, -0.25) is 9.48 Å². The molecular weight excluding hydrogens is 337 g/mol. The Morgan fingerprint density at radius 2 is 1.96 bits per heavy atom. The Balaban J connectivity index is 1.90. The molecule has 0 fully saturated rings. The quantitative estimate of drug-likeness (QED) is 0.739. The molecule has 1 heterocycles. The van der Waals surface area contributed by atoms with Gasteiger partial charge in [-0.1, -0.05) is 6.92 Å². The number of carbonyl (C=O) groups is 2. The van der Waals surface area contributed by atoms with Gasteiger partial charge in [-0.25, -0.2) is 9.18 Å². The highest BCUT2D eigenvalue weighted by Crippen LogP contribution is 2.19. The van der Waals surface area contributed by atoms with Crippen molar-refractivity contribution >= 4 is 23.3 Å². The summed E-state index contributed by atoms with van der Waals surface area (Å²) < 4.78 is 15.5. The SMILES string of the molecule is CCc1c(C)nn(CCNC(=O)Nc2ccc(F)c(NC(C)=O)c2)c1C. The van der Waals surface area contributed by atoms with Crippen LogP contribution in [0, 0.1) is 19.7 Å². The average Bonchev–Trinajstić information content (AvgIpc) is 2.83. The predicted molar refractivity (Wildman–Crippen MR) is 98.8 cm³/mol. The molecule has 2 rings (SSSR count). The van der Waals surface area contributed by atoms with Gasteiger partial charge in [0.05, 0.1) is 17.9 Å². The van der Waals surface area contributed by atoms with Gasteiger partial charge in [0.2, 0.25) is 5.91 Å². The first-order valence-corrected chi connectivity index (χ1v) is 8.46. The fraction of sp³-hybridized carbons (Fsp3) is 0.389. The van der Waals surface area contributed by atoms with E-state index in [1.54, 1.807) is 0 Å². The van der Waals surface area contributed by atoms with Gasteiger partial charge < -0.3 is 16.0 Å². The highest BCUT2D eigenvalue weighted by molar-refractivity contribution is 5.92. The van der Waals surface area contributed by atoms with Crippen LogP contribution < -0.4 is 16.0 Å². The maximum absolute atomic E-state index is 13.6. The van der Waals surface area contributed by atoms with Crippen LogP contribution in [-0.2, 0) is 17.8 Å². The smallest absolute Gasteiger partial charge is 0.319 e. The molecule has 0 aliphatic carbocycles. The number of nitrogens with zero attached hydrogens (tertiary/aromatic N) is 2. The van der Waals surface area contributed by atoms with Crippen molar-refractivity contribution in [2.75, 3.05) is 17.2 Å². The Hall–Kier alpha value is -2.90. The first kappa shape index (κ1) is 19.4. The van der Waals surface area contributed by atoms with Crippen molar-refractivity contribution in [1.29, 1.82) is 0 Å². The molecule has 0 atom stereocenters. The molecular formula is C18H24FN5O2. The minimum absolute atomic E-state index is 0.0186. The van der Waals surface area contributed by atoms with Crippen LogP contribution in [0.2, 0.25) is 0 Å². The largest absolute Gasteiger partial charge is 0.336 e. The Labute approximate surface area is 152 Å². The van der Waals surface area contributed by atoms with Crippen molar-refractivity contribution in [1.82, 2.24) is 15.1 Å². The van der Waals surface area contributed by atoms with E-state index in [1.807, 2.05) is 18.5 Å². The van der Waals surface area contributed by atoms with Crippen LogP contribution in [0.1, 0.15) is 30.8 Å². The molecule has 3 amide bonds. The number of aryl methyl sites for hydroxylation is 1. The Bertz CT molecular complexity index is 816. The van der Waals surface area contributed by atoms with E-state index < -0.39 is 11.8 Å². The van der Waals surface area contributed by atoms with Crippen molar-refractivity contribution in [3.63, 3.8) is 0 Å². The molecule has 2 aromatic rings. The third-order valence-electron chi connectivity index (χ3n) is 4.03. The number of halogens is 1. The van der Waals surface area contributed by atoms with Crippen molar-refractivity contribution in [3.05, 3.63) is 41.0 Å². The highest BCUT2D eigenvalue weighted by atomic mass is 19.1. The van der Waals surface area contributed by atoms with Crippen LogP contribution in [0.5, 0.6) is 0 Å². The zero-order valence-corrected chi connectivity index (χ0v) is 15.4. The molecule has 7 nitrogen and oxygen atoms in total. The third kappa shape index (κ3) is 4.81. The number of urea groups is 1. The summed E-state index contributed by atoms with van der Waals surface area (Å²) in [6, 6.07) is 3.56. The van der Waals surface area contributed by atoms with Gasteiger partial charge >= 0.3 is 6.03 Å². The summed E-state index contributed by atoms with van der Waals surface area (Å²) in [6.45, 7) is 8.32. The average molecular weight is 361 g/mol. The van der Waals surface area contributed by atoms with E-state index in [0.29, 0.717) is 18.8 Å². The molecule has 26 heavy (non-hydrogen) atoms. The van der Waals surface area contributed by atoms with Crippen molar-refractivity contribution in [3.8, 4) is 0 Å². The zero-order valence-electron chi connectivity index (χ0n) is 15.4. The summed E-state index contributed by atoms with van der Waals surface area (Å²) in [7, 11) is 0. The fourth-order valence-corrected chi connectivity index (χ4v) is 2.80. The molecule has 0 radical (unpaired) electrons. The molecule has 0 aliphatic heterocycles.